The van der Waals surface area contributed by atoms with Crippen molar-refractivity contribution >= 4 is 32.5 Å². The van der Waals surface area contributed by atoms with E-state index in [1.54, 1.807) is 6.07 Å². The zero-order valence-corrected chi connectivity index (χ0v) is 16.2. The first kappa shape index (κ1) is 17.2. The Morgan fingerprint density at radius 1 is 1.15 bits per heavy atom. The molecule has 1 atom stereocenters. The van der Waals surface area contributed by atoms with Crippen molar-refractivity contribution in [2.45, 2.75) is 25.8 Å². The van der Waals surface area contributed by atoms with E-state index < -0.39 is 0 Å². The second kappa shape index (κ2) is 7.21. The van der Waals surface area contributed by atoms with Crippen LogP contribution in [0.3, 0.4) is 0 Å². The van der Waals surface area contributed by atoms with Gasteiger partial charge in [0, 0.05) is 33.4 Å². The molecule has 1 aromatic heterocycles. The van der Waals surface area contributed by atoms with Gasteiger partial charge in [0.25, 0.3) is 0 Å². The maximum Gasteiger partial charge on any atom is 0.156 e. The molecular formula is C20H21BrN4O. The van der Waals surface area contributed by atoms with Crippen molar-refractivity contribution in [1.82, 2.24) is 15.5 Å². The van der Waals surface area contributed by atoms with Gasteiger partial charge in [0.1, 0.15) is 11.4 Å². The number of anilines is 1. The van der Waals surface area contributed by atoms with Crippen molar-refractivity contribution in [2.24, 2.45) is 0 Å². The number of fused-ring (bicyclic) bond motifs is 1. The minimum atomic E-state index is 0.223. The summed E-state index contributed by atoms with van der Waals surface area (Å²) in [5.74, 6) is 1.01. The molecule has 0 radical (unpaired) electrons. The summed E-state index contributed by atoms with van der Waals surface area (Å²) in [6, 6.07) is 12.0. The normalized spacial score (nSPS) is 17.4. The smallest absolute Gasteiger partial charge is 0.156 e. The van der Waals surface area contributed by atoms with Crippen LogP contribution in [-0.4, -0.2) is 34.4 Å². The number of rotatable bonds is 3. The highest BCUT2D eigenvalue weighted by Gasteiger charge is 2.18. The molecule has 4 rings (SSSR count). The van der Waals surface area contributed by atoms with Crippen LogP contribution >= 0.6 is 15.9 Å². The molecule has 1 unspecified atom stereocenters. The quantitative estimate of drug-likeness (QED) is 0.600. The Morgan fingerprint density at radius 2 is 2.04 bits per heavy atom. The Labute approximate surface area is 161 Å². The van der Waals surface area contributed by atoms with Crippen LogP contribution < -0.4 is 10.6 Å². The highest BCUT2D eigenvalue weighted by atomic mass is 79.9. The maximum absolute atomic E-state index is 10.4. The summed E-state index contributed by atoms with van der Waals surface area (Å²) in [4.78, 5) is 0. The van der Waals surface area contributed by atoms with Crippen LogP contribution in [0.5, 0.6) is 5.75 Å². The summed E-state index contributed by atoms with van der Waals surface area (Å²) in [7, 11) is 0. The molecule has 2 aromatic carbocycles. The molecule has 26 heavy (non-hydrogen) atoms. The minimum absolute atomic E-state index is 0.223. The predicted octanol–water partition coefficient (Wildman–Crippen LogP) is 4.24. The van der Waals surface area contributed by atoms with Crippen LogP contribution in [0.1, 0.15) is 18.4 Å². The number of hydrogen-bond donors (Lipinski definition) is 3. The average molecular weight is 413 g/mol. The molecule has 0 amide bonds. The van der Waals surface area contributed by atoms with Gasteiger partial charge in [-0.25, -0.2) is 0 Å². The summed E-state index contributed by atoms with van der Waals surface area (Å²) in [6.45, 7) is 3.95. The minimum Gasteiger partial charge on any atom is -0.507 e. The van der Waals surface area contributed by atoms with Gasteiger partial charge in [-0.3, -0.25) is 0 Å². The molecule has 1 fully saturated rings. The maximum atomic E-state index is 10.4. The Morgan fingerprint density at radius 3 is 2.81 bits per heavy atom. The molecule has 2 heterocycles. The van der Waals surface area contributed by atoms with E-state index >= 15 is 0 Å². The summed E-state index contributed by atoms with van der Waals surface area (Å²) >= 11 is 3.56. The van der Waals surface area contributed by atoms with Crippen LogP contribution in [0.4, 0.5) is 5.82 Å². The molecule has 0 bridgehead atoms. The Bertz CT molecular complexity index is 954. The summed E-state index contributed by atoms with van der Waals surface area (Å²) < 4.78 is 0.988. The third-order valence-electron chi connectivity index (χ3n) is 4.79. The largest absolute Gasteiger partial charge is 0.507 e. The van der Waals surface area contributed by atoms with E-state index in [0.29, 0.717) is 17.3 Å². The highest BCUT2D eigenvalue weighted by molar-refractivity contribution is 9.10. The molecule has 0 spiro atoms. The lowest BCUT2D eigenvalue weighted by Crippen LogP contribution is -2.38. The van der Waals surface area contributed by atoms with Gasteiger partial charge in [-0.2, -0.15) is 0 Å². The number of aryl methyl sites for hydroxylation is 1. The molecule has 1 aliphatic heterocycles. The number of aromatic nitrogens is 2. The molecule has 1 aliphatic rings. The van der Waals surface area contributed by atoms with Gasteiger partial charge in [-0.1, -0.05) is 28.1 Å². The Kier molecular flexibility index (Phi) is 4.78. The van der Waals surface area contributed by atoms with E-state index in [4.69, 9.17) is 0 Å². The van der Waals surface area contributed by atoms with Crippen LogP contribution in [0, 0.1) is 6.92 Å². The molecule has 134 valence electrons. The van der Waals surface area contributed by atoms with E-state index in [1.165, 1.54) is 0 Å². The van der Waals surface area contributed by atoms with Crippen molar-refractivity contribution in [2.75, 3.05) is 18.4 Å². The number of phenolic OH excluding ortho intramolecular Hbond substituents is 1. The van der Waals surface area contributed by atoms with E-state index in [2.05, 4.69) is 42.8 Å². The second-order valence-electron chi connectivity index (χ2n) is 6.80. The molecule has 5 nitrogen and oxygen atoms in total. The molecule has 6 heteroatoms. The van der Waals surface area contributed by atoms with E-state index in [9.17, 15) is 5.11 Å². The number of phenols is 1. The van der Waals surface area contributed by atoms with Crippen LogP contribution in [0.25, 0.3) is 22.0 Å². The third-order valence-corrected chi connectivity index (χ3v) is 5.28. The lowest BCUT2D eigenvalue weighted by Gasteiger charge is -2.24. The number of hydrogen-bond acceptors (Lipinski definition) is 5. The number of piperidine rings is 1. The van der Waals surface area contributed by atoms with Gasteiger partial charge in [0.05, 0.1) is 0 Å². The van der Waals surface area contributed by atoms with Crippen molar-refractivity contribution < 1.29 is 5.11 Å². The van der Waals surface area contributed by atoms with Gasteiger partial charge in [0.2, 0.25) is 0 Å². The SMILES string of the molecule is Cc1ccc(-c2nnc(NC3CCCNC3)c3cc(Br)ccc23)c(O)c1. The molecule has 0 aliphatic carbocycles. The molecule has 1 saturated heterocycles. The van der Waals surface area contributed by atoms with Crippen LogP contribution in [0.15, 0.2) is 40.9 Å². The first-order chi connectivity index (χ1) is 12.6. The number of halogens is 1. The number of nitrogens with zero attached hydrogens (tertiary/aromatic N) is 2. The molecular weight excluding hydrogens is 392 g/mol. The molecule has 3 N–H and O–H groups in total. The second-order valence-corrected chi connectivity index (χ2v) is 7.71. The summed E-state index contributed by atoms with van der Waals surface area (Å²) in [5, 5.41) is 28.2. The van der Waals surface area contributed by atoms with Crippen molar-refractivity contribution in [1.29, 1.82) is 0 Å². The molecule has 0 saturated carbocycles. The fourth-order valence-electron chi connectivity index (χ4n) is 3.44. The van der Waals surface area contributed by atoms with Gasteiger partial charge in [-0.05, 0) is 56.1 Å². The Hall–Kier alpha value is -2.18. The van der Waals surface area contributed by atoms with Crippen molar-refractivity contribution in [3.63, 3.8) is 0 Å². The zero-order valence-electron chi connectivity index (χ0n) is 14.6. The third kappa shape index (κ3) is 3.39. The van der Waals surface area contributed by atoms with Gasteiger partial charge < -0.3 is 15.7 Å². The van der Waals surface area contributed by atoms with Gasteiger partial charge in [0.15, 0.2) is 5.82 Å². The number of aromatic hydroxyl groups is 1. The van der Waals surface area contributed by atoms with Crippen molar-refractivity contribution in [3.05, 3.63) is 46.4 Å². The highest BCUT2D eigenvalue weighted by Crippen LogP contribution is 2.36. The van der Waals surface area contributed by atoms with E-state index in [0.717, 1.165) is 52.6 Å². The van der Waals surface area contributed by atoms with Crippen LogP contribution in [-0.2, 0) is 0 Å². The average Bonchev–Trinajstić information content (AvgIpc) is 2.63. The zero-order chi connectivity index (χ0) is 18.1. The first-order valence-corrected chi connectivity index (χ1v) is 9.64. The van der Waals surface area contributed by atoms with E-state index in [1.807, 2.05) is 31.2 Å². The summed E-state index contributed by atoms with van der Waals surface area (Å²) in [6.07, 6.45) is 2.27. The fourth-order valence-corrected chi connectivity index (χ4v) is 3.80. The topological polar surface area (TPSA) is 70.1 Å². The van der Waals surface area contributed by atoms with Gasteiger partial charge >= 0.3 is 0 Å². The van der Waals surface area contributed by atoms with Crippen LogP contribution in [0.2, 0.25) is 0 Å². The molecule has 3 aromatic rings. The van der Waals surface area contributed by atoms with E-state index in [-0.39, 0.29) is 5.75 Å². The standard InChI is InChI=1S/C20H21BrN4O/c1-12-4-6-16(18(26)9-12)19-15-7-5-13(21)10-17(15)20(25-24-19)23-14-3-2-8-22-11-14/h4-7,9-10,14,22,26H,2-3,8,11H2,1H3,(H,23,25). The predicted molar refractivity (Wildman–Crippen MR) is 109 cm³/mol. The summed E-state index contributed by atoms with van der Waals surface area (Å²) in [5.41, 5.74) is 2.40. The first-order valence-electron chi connectivity index (χ1n) is 8.85. The van der Waals surface area contributed by atoms with Gasteiger partial charge in [-0.15, -0.1) is 10.2 Å². The Balaban J connectivity index is 1.82. The number of nitrogens with one attached hydrogen (secondary N) is 2. The monoisotopic (exact) mass is 412 g/mol. The lowest BCUT2D eigenvalue weighted by atomic mass is 10.0. The lowest BCUT2D eigenvalue weighted by molar-refractivity contribution is 0.476. The number of benzene rings is 2. The van der Waals surface area contributed by atoms with Crippen molar-refractivity contribution in [3.8, 4) is 17.0 Å². The fraction of sp³-hybridized carbons (Fsp3) is 0.300.